The maximum Gasteiger partial charge on any atom is 0.242 e. The molecule has 82 valence electrons. The summed E-state index contributed by atoms with van der Waals surface area (Å²) in [6, 6.07) is 3.22. The fraction of sp³-hybridized carbons (Fsp3) is 0.364. The normalized spacial score (nSPS) is 11.9. The summed E-state index contributed by atoms with van der Waals surface area (Å²) in [5.41, 5.74) is 6.96. The van der Waals surface area contributed by atoms with Crippen molar-refractivity contribution in [1.29, 1.82) is 0 Å². The predicted molar refractivity (Wildman–Crippen MR) is 63.7 cm³/mol. The molecule has 0 fully saturated rings. The second-order valence-corrected chi connectivity index (χ2v) is 4.50. The van der Waals surface area contributed by atoms with E-state index >= 15 is 0 Å². The van der Waals surface area contributed by atoms with Gasteiger partial charge in [-0.05, 0) is 25.3 Å². The Bertz CT molecular complexity index is 339. The Morgan fingerprint density at radius 3 is 2.93 bits per heavy atom. The van der Waals surface area contributed by atoms with Gasteiger partial charge in [-0.3, -0.25) is 4.79 Å². The zero-order valence-corrected chi connectivity index (χ0v) is 9.80. The SMILES string of the molecule is CC(C)=CCNC(=O)C(N)c1cccs1. The zero-order valence-electron chi connectivity index (χ0n) is 8.99. The van der Waals surface area contributed by atoms with Gasteiger partial charge < -0.3 is 11.1 Å². The first-order valence-electron chi connectivity index (χ1n) is 4.81. The number of nitrogens with one attached hydrogen (secondary N) is 1. The van der Waals surface area contributed by atoms with Crippen molar-refractivity contribution in [3.05, 3.63) is 34.0 Å². The predicted octanol–water partition coefficient (Wildman–Crippen LogP) is 1.83. The molecule has 0 bridgehead atoms. The Kier molecular flexibility index (Phi) is 4.52. The van der Waals surface area contributed by atoms with Crippen molar-refractivity contribution in [3.63, 3.8) is 0 Å². The van der Waals surface area contributed by atoms with Gasteiger partial charge in [-0.25, -0.2) is 0 Å². The van der Waals surface area contributed by atoms with Gasteiger partial charge >= 0.3 is 0 Å². The van der Waals surface area contributed by atoms with Crippen LogP contribution in [0.2, 0.25) is 0 Å². The molecule has 4 heteroatoms. The number of allylic oxidation sites excluding steroid dienone is 1. The van der Waals surface area contributed by atoms with Crippen molar-refractivity contribution in [3.8, 4) is 0 Å². The van der Waals surface area contributed by atoms with Crippen molar-refractivity contribution in [2.75, 3.05) is 6.54 Å². The molecule has 1 atom stereocenters. The standard InChI is InChI=1S/C11H16N2OS/c1-8(2)5-6-13-11(14)10(12)9-4-3-7-15-9/h3-5,7,10H,6,12H2,1-2H3,(H,13,14). The van der Waals surface area contributed by atoms with Crippen molar-refractivity contribution in [2.45, 2.75) is 19.9 Å². The zero-order chi connectivity index (χ0) is 11.3. The maximum absolute atomic E-state index is 11.6. The largest absolute Gasteiger partial charge is 0.351 e. The van der Waals surface area contributed by atoms with Crippen LogP contribution >= 0.6 is 11.3 Å². The summed E-state index contributed by atoms with van der Waals surface area (Å²) in [5, 5.41) is 4.68. The van der Waals surface area contributed by atoms with E-state index in [9.17, 15) is 4.79 Å². The molecule has 0 saturated carbocycles. The Labute approximate surface area is 94.0 Å². The van der Waals surface area contributed by atoms with Crippen LogP contribution in [0.3, 0.4) is 0 Å². The number of thiophene rings is 1. The monoisotopic (exact) mass is 224 g/mol. The smallest absolute Gasteiger partial charge is 0.242 e. The number of hydrogen-bond acceptors (Lipinski definition) is 3. The summed E-state index contributed by atoms with van der Waals surface area (Å²) in [7, 11) is 0. The number of rotatable bonds is 4. The van der Waals surface area contributed by atoms with Crippen molar-refractivity contribution >= 4 is 17.2 Å². The highest BCUT2D eigenvalue weighted by molar-refractivity contribution is 7.10. The number of amides is 1. The number of nitrogens with two attached hydrogens (primary N) is 1. The minimum absolute atomic E-state index is 0.130. The average molecular weight is 224 g/mol. The van der Waals surface area contributed by atoms with Gasteiger partial charge in [0.25, 0.3) is 0 Å². The average Bonchev–Trinajstić information content (AvgIpc) is 2.68. The van der Waals surface area contributed by atoms with E-state index in [0.717, 1.165) is 4.88 Å². The lowest BCUT2D eigenvalue weighted by atomic mass is 10.2. The molecule has 1 aromatic rings. The molecular formula is C11H16N2OS. The maximum atomic E-state index is 11.6. The molecule has 1 amide bonds. The highest BCUT2D eigenvalue weighted by atomic mass is 32.1. The van der Waals surface area contributed by atoms with Gasteiger partial charge in [-0.1, -0.05) is 17.7 Å². The summed E-state index contributed by atoms with van der Waals surface area (Å²) in [6.07, 6.45) is 1.96. The van der Waals surface area contributed by atoms with Gasteiger partial charge in [0.2, 0.25) is 5.91 Å². The van der Waals surface area contributed by atoms with E-state index in [1.165, 1.54) is 16.9 Å². The van der Waals surface area contributed by atoms with E-state index in [4.69, 9.17) is 5.73 Å². The van der Waals surface area contributed by atoms with Crippen molar-refractivity contribution in [2.24, 2.45) is 5.73 Å². The third-order valence-electron chi connectivity index (χ3n) is 1.92. The van der Waals surface area contributed by atoms with E-state index in [0.29, 0.717) is 6.54 Å². The fourth-order valence-corrected chi connectivity index (χ4v) is 1.79. The molecule has 0 spiro atoms. The molecule has 0 radical (unpaired) electrons. The lowest BCUT2D eigenvalue weighted by Crippen LogP contribution is -2.33. The Balaban J connectivity index is 2.44. The minimum atomic E-state index is -0.546. The molecule has 0 aliphatic rings. The summed E-state index contributed by atoms with van der Waals surface area (Å²) < 4.78 is 0. The molecule has 0 aliphatic heterocycles. The van der Waals surface area contributed by atoms with Gasteiger partial charge in [0.15, 0.2) is 0 Å². The van der Waals surface area contributed by atoms with Crippen LogP contribution in [0.1, 0.15) is 24.8 Å². The van der Waals surface area contributed by atoms with Crippen LogP contribution in [0.5, 0.6) is 0 Å². The molecule has 0 saturated heterocycles. The second kappa shape index (κ2) is 5.68. The molecule has 1 aromatic heterocycles. The van der Waals surface area contributed by atoms with Gasteiger partial charge in [0, 0.05) is 11.4 Å². The first kappa shape index (κ1) is 11.9. The molecule has 0 aromatic carbocycles. The molecule has 15 heavy (non-hydrogen) atoms. The fourth-order valence-electron chi connectivity index (χ4n) is 1.06. The van der Waals surface area contributed by atoms with Crippen LogP contribution in [0.15, 0.2) is 29.2 Å². The Morgan fingerprint density at radius 2 is 2.40 bits per heavy atom. The summed E-state index contributed by atoms with van der Waals surface area (Å²) in [4.78, 5) is 12.5. The topological polar surface area (TPSA) is 55.1 Å². The second-order valence-electron chi connectivity index (χ2n) is 3.52. The minimum Gasteiger partial charge on any atom is -0.351 e. The molecular weight excluding hydrogens is 208 g/mol. The number of carbonyl (C=O) groups excluding carboxylic acids is 1. The highest BCUT2D eigenvalue weighted by Crippen LogP contribution is 2.16. The number of hydrogen-bond donors (Lipinski definition) is 2. The van der Waals surface area contributed by atoms with E-state index in [2.05, 4.69) is 5.32 Å². The first-order valence-corrected chi connectivity index (χ1v) is 5.69. The van der Waals surface area contributed by atoms with E-state index < -0.39 is 6.04 Å². The lowest BCUT2D eigenvalue weighted by Gasteiger charge is -2.09. The van der Waals surface area contributed by atoms with Crippen LogP contribution < -0.4 is 11.1 Å². The summed E-state index contributed by atoms with van der Waals surface area (Å²) in [6.45, 7) is 4.52. The quantitative estimate of drug-likeness (QED) is 0.767. The molecule has 3 N–H and O–H groups in total. The van der Waals surface area contributed by atoms with E-state index in [1.807, 2.05) is 37.4 Å². The molecule has 1 heterocycles. The van der Waals surface area contributed by atoms with Crippen LogP contribution in [-0.4, -0.2) is 12.5 Å². The lowest BCUT2D eigenvalue weighted by molar-refractivity contribution is -0.122. The first-order chi connectivity index (χ1) is 7.11. The third-order valence-corrected chi connectivity index (χ3v) is 2.87. The highest BCUT2D eigenvalue weighted by Gasteiger charge is 2.15. The summed E-state index contributed by atoms with van der Waals surface area (Å²) in [5.74, 6) is -0.130. The van der Waals surface area contributed by atoms with Crippen LogP contribution in [0.4, 0.5) is 0 Å². The molecule has 1 rings (SSSR count). The van der Waals surface area contributed by atoms with Gasteiger partial charge in [-0.2, -0.15) is 0 Å². The van der Waals surface area contributed by atoms with Crippen LogP contribution in [0, 0.1) is 0 Å². The molecule has 3 nitrogen and oxygen atoms in total. The van der Waals surface area contributed by atoms with Gasteiger partial charge in [-0.15, -0.1) is 11.3 Å². The number of carbonyl (C=O) groups is 1. The van der Waals surface area contributed by atoms with Gasteiger partial charge in [0.1, 0.15) is 6.04 Å². The molecule has 0 aliphatic carbocycles. The molecule has 1 unspecified atom stereocenters. The summed E-state index contributed by atoms with van der Waals surface area (Å²) >= 11 is 1.50. The Hall–Kier alpha value is -1.13. The van der Waals surface area contributed by atoms with Crippen LogP contribution in [0.25, 0.3) is 0 Å². The van der Waals surface area contributed by atoms with E-state index in [-0.39, 0.29) is 5.91 Å². The van der Waals surface area contributed by atoms with E-state index in [1.54, 1.807) is 0 Å². The van der Waals surface area contributed by atoms with Crippen molar-refractivity contribution in [1.82, 2.24) is 5.32 Å². The van der Waals surface area contributed by atoms with Gasteiger partial charge in [0.05, 0.1) is 0 Å². The Morgan fingerprint density at radius 1 is 1.67 bits per heavy atom. The third kappa shape index (κ3) is 3.85. The van der Waals surface area contributed by atoms with Crippen molar-refractivity contribution < 1.29 is 4.79 Å². The van der Waals surface area contributed by atoms with Crippen LogP contribution in [-0.2, 0) is 4.79 Å².